The number of pyridine rings is 1. The Balaban J connectivity index is 1.70. The fraction of sp³-hybridized carbons (Fsp3) is 0.387. The number of aliphatic hydroxyl groups excluding tert-OH is 1. The summed E-state index contributed by atoms with van der Waals surface area (Å²) >= 11 is 0. The van der Waals surface area contributed by atoms with E-state index in [0.29, 0.717) is 12.8 Å². The number of aromatic nitrogens is 1. The zero-order valence-corrected chi connectivity index (χ0v) is 23.1. The number of aliphatic hydroxyl groups is 1. The van der Waals surface area contributed by atoms with Crippen LogP contribution in [0.25, 0.3) is 11.3 Å². The Hall–Kier alpha value is -3.75. The number of nitrogens with two attached hydrogens (primary N) is 1. The zero-order chi connectivity index (χ0) is 28.4. The molecule has 0 fully saturated rings. The number of ether oxygens (including phenoxy) is 1. The number of hydrogen-bond acceptors (Lipinski definition) is 6. The molecule has 0 aliphatic heterocycles. The molecule has 0 bridgehead atoms. The van der Waals surface area contributed by atoms with Gasteiger partial charge < -0.3 is 26.2 Å². The fourth-order valence-electron chi connectivity index (χ4n) is 4.48. The van der Waals surface area contributed by atoms with E-state index in [-0.39, 0.29) is 12.5 Å². The number of alkyl carbamates (subject to hydrolysis) is 1. The van der Waals surface area contributed by atoms with Gasteiger partial charge in [-0.1, -0.05) is 81.4 Å². The average Bonchev–Trinajstić information content (AvgIpc) is 2.91. The van der Waals surface area contributed by atoms with Gasteiger partial charge in [0.25, 0.3) is 0 Å². The summed E-state index contributed by atoms with van der Waals surface area (Å²) in [5, 5.41) is 16.9. The van der Waals surface area contributed by atoms with E-state index in [2.05, 4.69) is 15.6 Å². The summed E-state index contributed by atoms with van der Waals surface area (Å²) in [6.45, 7) is 5.56. The summed E-state index contributed by atoms with van der Waals surface area (Å²) in [7, 11) is 1.25. The molecule has 1 heterocycles. The van der Waals surface area contributed by atoms with Crippen LogP contribution in [0.15, 0.2) is 79.0 Å². The van der Waals surface area contributed by atoms with Gasteiger partial charge in [-0.05, 0) is 47.9 Å². The molecular weight excluding hydrogens is 492 g/mol. The minimum Gasteiger partial charge on any atom is -0.453 e. The summed E-state index contributed by atoms with van der Waals surface area (Å²) < 4.78 is 4.72. The second-order valence-corrected chi connectivity index (χ2v) is 10.9. The van der Waals surface area contributed by atoms with Gasteiger partial charge in [0.2, 0.25) is 5.91 Å². The molecule has 3 aromatic rings. The lowest BCUT2D eigenvalue weighted by Crippen LogP contribution is -2.58. The topological polar surface area (TPSA) is 127 Å². The molecule has 0 aliphatic rings. The number of rotatable bonds is 11. The minimum absolute atomic E-state index is 0.282. The van der Waals surface area contributed by atoms with Crippen LogP contribution in [-0.2, 0) is 22.4 Å². The summed E-state index contributed by atoms with van der Waals surface area (Å²) in [6, 6.07) is 21.7. The van der Waals surface area contributed by atoms with Crippen LogP contribution < -0.4 is 16.4 Å². The normalized spacial score (nSPS) is 14.5. The number of hydrogen-bond donors (Lipinski definition) is 4. The molecule has 3 rings (SSSR count). The van der Waals surface area contributed by atoms with Gasteiger partial charge in [-0.25, -0.2) is 4.79 Å². The Morgan fingerprint density at radius 3 is 2.15 bits per heavy atom. The van der Waals surface area contributed by atoms with Crippen LogP contribution in [0, 0.1) is 5.41 Å². The van der Waals surface area contributed by atoms with E-state index in [1.165, 1.54) is 7.11 Å². The molecule has 0 saturated carbocycles. The molecule has 1 aromatic heterocycles. The lowest BCUT2D eigenvalue weighted by atomic mass is 9.85. The Morgan fingerprint density at radius 2 is 1.56 bits per heavy atom. The summed E-state index contributed by atoms with van der Waals surface area (Å²) in [5.74, 6) is -0.397. The van der Waals surface area contributed by atoms with Crippen molar-refractivity contribution in [2.24, 2.45) is 11.1 Å². The number of carbonyl (C=O) groups excluding carboxylic acids is 2. The third kappa shape index (κ3) is 9.19. The molecule has 0 spiro atoms. The number of benzene rings is 2. The van der Waals surface area contributed by atoms with Crippen LogP contribution in [-0.4, -0.2) is 53.4 Å². The van der Waals surface area contributed by atoms with Crippen molar-refractivity contribution in [3.63, 3.8) is 0 Å². The predicted molar refractivity (Wildman–Crippen MR) is 153 cm³/mol. The van der Waals surface area contributed by atoms with E-state index >= 15 is 0 Å². The maximum Gasteiger partial charge on any atom is 0.407 e. The van der Waals surface area contributed by atoms with Crippen LogP contribution in [0.1, 0.15) is 38.3 Å². The van der Waals surface area contributed by atoms with Crippen molar-refractivity contribution in [2.75, 3.05) is 7.11 Å². The van der Waals surface area contributed by atoms with E-state index in [0.717, 1.165) is 22.4 Å². The van der Waals surface area contributed by atoms with Crippen LogP contribution in [0.3, 0.4) is 0 Å². The fourth-order valence-corrected chi connectivity index (χ4v) is 4.48. The van der Waals surface area contributed by atoms with Gasteiger partial charge >= 0.3 is 6.09 Å². The molecule has 8 heteroatoms. The largest absolute Gasteiger partial charge is 0.453 e. The molecule has 5 N–H and O–H groups in total. The first-order valence-corrected chi connectivity index (χ1v) is 13.2. The predicted octanol–water partition coefficient (Wildman–Crippen LogP) is 3.87. The monoisotopic (exact) mass is 532 g/mol. The Bertz CT molecular complexity index is 1180. The molecule has 4 unspecified atom stereocenters. The van der Waals surface area contributed by atoms with Gasteiger partial charge in [0, 0.05) is 17.8 Å². The molecule has 0 saturated heterocycles. The van der Waals surface area contributed by atoms with Gasteiger partial charge in [-0.2, -0.15) is 0 Å². The molecule has 8 nitrogen and oxygen atoms in total. The van der Waals surface area contributed by atoms with Crippen molar-refractivity contribution >= 4 is 12.0 Å². The second kappa shape index (κ2) is 13.9. The third-order valence-corrected chi connectivity index (χ3v) is 6.62. The average molecular weight is 533 g/mol. The van der Waals surface area contributed by atoms with Crippen LogP contribution >= 0.6 is 0 Å². The van der Waals surface area contributed by atoms with E-state index in [4.69, 9.17) is 10.5 Å². The first kappa shape index (κ1) is 29.8. The number of nitrogens with one attached hydrogen (secondary N) is 2. The maximum atomic E-state index is 13.3. The summed E-state index contributed by atoms with van der Waals surface area (Å²) in [4.78, 5) is 29.6. The summed E-state index contributed by atoms with van der Waals surface area (Å²) in [6.07, 6.45) is 1.43. The Morgan fingerprint density at radius 1 is 0.923 bits per heavy atom. The SMILES string of the molecule is COC(=O)NC(C(=O)NC(Cc1ccccc1)C(O)CC(N)Cc1ccc(-c2ccccn2)cc1)C(C)(C)C. The standard InChI is InChI=1S/C31H40N4O4/c1-31(2,3)28(35-30(38)39-4)29(37)34-26(19-21-10-6-5-7-11-21)27(36)20-24(32)18-22-13-15-23(16-14-22)25-12-8-9-17-33-25/h5-17,24,26-28,36H,18-20,32H2,1-4H3,(H,34,37)(H,35,38). The molecule has 0 aliphatic carbocycles. The molecule has 208 valence electrons. The van der Waals surface area contributed by atoms with Crippen molar-refractivity contribution in [3.8, 4) is 11.3 Å². The van der Waals surface area contributed by atoms with Gasteiger partial charge in [0.05, 0.1) is 24.9 Å². The van der Waals surface area contributed by atoms with Crippen molar-refractivity contribution in [3.05, 3.63) is 90.1 Å². The minimum atomic E-state index is -0.907. The maximum absolute atomic E-state index is 13.3. The van der Waals surface area contributed by atoms with Crippen LogP contribution in [0.4, 0.5) is 4.79 Å². The number of amides is 2. The van der Waals surface area contributed by atoms with Crippen LogP contribution in [0.2, 0.25) is 0 Å². The van der Waals surface area contributed by atoms with Crippen molar-refractivity contribution < 1.29 is 19.4 Å². The lowest BCUT2D eigenvalue weighted by molar-refractivity contribution is -0.127. The zero-order valence-electron chi connectivity index (χ0n) is 23.1. The first-order chi connectivity index (χ1) is 18.6. The number of carbonyl (C=O) groups is 2. The first-order valence-electron chi connectivity index (χ1n) is 13.2. The smallest absolute Gasteiger partial charge is 0.407 e. The quantitative estimate of drug-likeness (QED) is 0.297. The van der Waals surface area contributed by atoms with Crippen molar-refractivity contribution in [2.45, 2.75) is 64.3 Å². The highest BCUT2D eigenvalue weighted by molar-refractivity contribution is 5.86. The highest BCUT2D eigenvalue weighted by atomic mass is 16.5. The van der Waals surface area contributed by atoms with E-state index in [1.54, 1.807) is 6.20 Å². The molecule has 39 heavy (non-hydrogen) atoms. The third-order valence-electron chi connectivity index (χ3n) is 6.62. The van der Waals surface area contributed by atoms with E-state index in [9.17, 15) is 14.7 Å². The van der Waals surface area contributed by atoms with Crippen molar-refractivity contribution in [1.29, 1.82) is 0 Å². The van der Waals surface area contributed by atoms with Gasteiger partial charge in [-0.15, -0.1) is 0 Å². The second-order valence-electron chi connectivity index (χ2n) is 10.9. The van der Waals surface area contributed by atoms with E-state index in [1.807, 2.05) is 93.6 Å². The Kier molecular flexibility index (Phi) is 10.6. The van der Waals surface area contributed by atoms with Crippen molar-refractivity contribution in [1.82, 2.24) is 15.6 Å². The van der Waals surface area contributed by atoms with E-state index < -0.39 is 35.6 Å². The molecule has 2 aromatic carbocycles. The number of methoxy groups -OCH3 is 1. The highest BCUT2D eigenvalue weighted by Gasteiger charge is 2.35. The lowest BCUT2D eigenvalue weighted by Gasteiger charge is -2.33. The summed E-state index contributed by atoms with van der Waals surface area (Å²) in [5.41, 5.74) is 9.83. The van der Waals surface area contributed by atoms with Gasteiger partial charge in [-0.3, -0.25) is 9.78 Å². The van der Waals surface area contributed by atoms with Crippen LogP contribution in [0.5, 0.6) is 0 Å². The van der Waals surface area contributed by atoms with Gasteiger partial charge in [0.1, 0.15) is 6.04 Å². The number of nitrogens with zero attached hydrogens (tertiary/aromatic N) is 1. The molecular formula is C31H40N4O4. The molecule has 4 atom stereocenters. The van der Waals surface area contributed by atoms with Gasteiger partial charge in [0.15, 0.2) is 0 Å². The highest BCUT2D eigenvalue weighted by Crippen LogP contribution is 2.21. The Labute approximate surface area is 231 Å². The molecule has 2 amide bonds. The molecule has 0 radical (unpaired) electrons.